The van der Waals surface area contributed by atoms with Crippen molar-refractivity contribution in [2.45, 2.75) is 0 Å². The maximum Gasteiger partial charge on any atom is 0.225 e. The minimum Gasteiger partial charge on any atom is -0.379 e. The first kappa shape index (κ1) is 13.1. The molecule has 3 heterocycles. The van der Waals surface area contributed by atoms with Crippen LogP contribution in [0.4, 0.5) is 5.95 Å². The van der Waals surface area contributed by atoms with Crippen molar-refractivity contribution in [2.75, 3.05) is 44.7 Å². The smallest absolute Gasteiger partial charge is 0.225 e. The molecule has 0 spiro atoms. The molecule has 3 rings (SSSR count). The maximum absolute atomic E-state index is 6.12. The molecule has 2 aromatic heterocycles. The van der Waals surface area contributed by atoms with Crippen molar-refractivity contribution >= 4 is 39.1 Å². The van der Waals surface area contributed by atoms with E-state index in [-0.39, 0.29) is 0 Å². The highest BCUT2D eigenvalue weighted by molar-refractivity contribution is 7.16. The second-order valence-electron chi connectivity index (χ2n) is 4.36. The quantitative estimate of drug-likeness (QED) is 0.876. The number of rotatable bonds is 4. The van der Waals surface area contributed by atoms with Crippen LogP contribution in [0, 0.1) is 0 Å². The van der Waals surface area contributed by atoms with Gasteiger partial charge in [-0.25, -0.2) is 9.97 Å². The van der Waals surface area contributed by atoms with Crippen molar-refractivity contribution < 1.29 is 4.74 Å². The molecule has 5 nitrogen and oxygen atoms in total. The lowest BCUT2D eigenvalue weighted by Crippen LogP contribution is -2.39. The Labute approximate surface area is 120 Å². The third-order valence-corrected chi connectivity index (χ3v) is 4.19. The highest BCUT2D eigenvalue weighted by Gasteiger charge is 2.10. The van der Waals surface area contributed by atoms with E-state index < -0.39 is 0 Å². The van der Waals surface area contributed by atoms with Gasteiger partial charge in [-0.2, -0.15) is 0 Å². The molecule has 1 saturated heterocycles. The molecule has 19 heavy (non-hydrogen) atoms. The maximum atomic E-state index is 6.12. The van der Waals surface area contributed by atoms with Gasteiger partial charge in [-0.1, -0.05) is 11.6 Å². The number of morpholine rings is 1. The first-order chi connectivity index (χ1) is 9.33. The SMILES string of the molecule is Clc1nc(NCCN2CCOCC2)nc2sccc12. The highest BCUT2D eigenvalue weighted by atomic mass is 35.5. The van der Waals surface area contributed by atoms with Gasteiger partial charge < -0.3 is 10.1 Å². The molecule has 1 N–H and O–H groups in total. The zero-order valence-corrected chi connectivity index (χ0v) is 12.0. The Morgan fingerprint density at radius 1 is 1.37 bits per heavy atom. The van der Waals surface area contributed by atoms with Crippen LogP contribution >= 0.6 is 22.9 Å². The minimum absolute atomic E-state index is 0.514. The first-order valence-corrected chi connectivity index (χ1v) is 7.53. The van der Waals surface area contributed by atoms with Crippen LogP contribution in [-0.4, -0.2) is 54.3 Å². The number of fused-ring (bicyclic) bond motifs is 1. The van der Waals surface area contributed by atoms with Crippen LogP contribution in [0.25, 0.3) is 10.2 Å². The third kappa shape index (κ3) is 3.14. The van der Waals surface area contributed by atoms with Gasteiger partial charge in [0.05, 0.1) is 13.2 Å². The summed E-state index contributed by atoms with van der Waals surface area (Å²) in [5.41, 5.74) is 0. The molecule has 0 radical (unpaired) electrons. The van der Waals surface area contributed by atoms with E-state index in [9.17, 15) is 0 Å². The zero-order valence-electron chi connectivity index (χ0n) is 10.4. The first-order valence-electron chi connectivity index (χ1n) is 6.27. The standard InChI is InChI=1S/C12H15ClN4OS/c13-10-9-1-8-19-11(9)16-12(15-10)14-2-3-17-4-6-18-7-5-17/h1,8H,2-7H2,(H,14,15,16). The van der Waals surface area contributed by atoms with E-state index >= 15 is 0 Å². The van der Waals surface area contributed by atoms with E-state index in [4.69, 9.17) is 16.3 Å². The average molecular weight is 299 g/mol. The number of aromatic nitrogens is 2. The lowest BCUT2D eigenvalue weighted by molar-refractivity contribution is 0.0398. The van der Waals surface area contributed by atoms with E-state index in [0.29, 0.717) is 11.1 Å². The largest absolute Gasteiger partial charge is 0.379 e. The molecule has 0 aromatic carbocycles. The number of hydrogen-bond donors (Lipinski definition) is 1. The second-order valence-corrected chi connectivity index (χ2v) is 5.61. The molecule has 2 aromatic rings. The molecule has 1 aliphatic heterocycles. The van der Waals surface area contributed by atoms with Gasteiger partial charge in [0.15, 0.2) is 0 Å². The van der Waals surface area contributed by atoms with Gasteiger partial charge in [-0.15, -0.1) is 11.3 Å². The van der Waals surface area contributed by atoms with Crippen LogP contribution in [0.5, 0.6) is 0 Å². The Balaban J connectivity index is 1.58. The molecule has 0 aliphatic carbocycles. The van der Waals surface area contributed by atoms with Crippen LogP contribution < -0.4 is 5.32 Å². The average Bonchev–Trinajstić information content (AvgIpc) is 2.89. The predicted molar refractivity (Wildman–Crippen MR) is 78.2 cm³/mol. The Hall–Kier alpha value is -0.950. The van der Waals surface area contributed by atoms with E-state index in [1.165, 1.54) is 0 Å². The number of halogens is 1. The van der Waals surface area contributed by atoms with Crippen LogP contribution in [0.15, 0.2) is 11.4 Å². The molecule has 0 saturated carbocycles. The van der Waals surface area contributed by atoms with Crippen molar-refractivity contribution in [3.05, 3.63) is 16.6 Å². The number of anilines is 1. The van der Waals surface area contributed by atoms with E-state index in [1.807, 2.05) is 11.4 Å². The summed E-state index contributed by atoms with van der Waals surface area (Å²) in [5.74, 6) is 0.605. The van der Waals surface area contributed by atoms with Gasteiger partial charge in [-0.3, -0.25) is 4.90 Å². The van der Waals surface area contributed by atoms with Crippen molar-refractivity contribution in [3.63, 3.8) is 0 Å². The summed E-state index contributed by atoms with van der Waals surface area (Å²) in [7, 11) is 0. The Morgan fingerprint density at radius 2 is 2.21 bits per heavy atom. The van der Waals surface area contributed by atoms with Gasteiger partial charge in [0.25, 0.3) is 0 Å². The third-order valence-electron chi connectivity index (χ3n) is 3.09. The summed E-state index contributed by atoms with van der Waals surface area (Å²) in [6.07, 6.45) is 0. The summed E-state index contributed by atoms with van der Waals surface area (Å²) in [4.78, 5) is 12.0. The Morgan fingerprint density at radius 3 is 3.05 bits per heavy atom. The Kier molecular flexibility index (Phi) is 4.12. The predicted octanol–water partition coefficient (Wildman–Crippen LogP) is 2.09. The number of ether oxygens (including phenoxy) is 1. The number of hydrogen-bond acceptors (Lipinski definition) is 6. The Bertz CT molecular complexity index is 556. The van der Waals surface area contributed by atoms with Crippen LogP contribution in [0.3, 0.4) is 0 Å². The van der Waals surface area contributed by atoms with Gasteiger partial charge >= 0.3 is 0 Å². The van der Waals surface area contributed by atoms with Gasteiger partial charge in [0.1, 0.15) is 9.98 Å². The monoisotopic (exact) mass is 298 g/mol. The number of thiophene rings is 1. The fourth-order valence-electron chi connectivity index (χ4n) is 2.05. The molecule has 7 heteroatoms. The normalized spacial score (nSPS) is 16.9. The zero-order chi connectivity index (χ0) is 13.1. The van der Waals surface area contributed by atoms with E-state index in [2.05, 4.69) is 20.2 Å². The lowest BCUT2D eigenvalue weighted by Gasteiger charge is -2.26. The number of nitrogens with one attached hydrogen (secondary N) is 1. The topological polar surface area (TPSA) is 50.3 Å². The number of nitrogens with zero attached hydrogens (tertiary/aromatic N) is 3. The van der Waals surface area contributed by atoms with Crippen LogP contribution in [0.2, 0.25) is 5.15 Å². The summed E-state index contributed by atoms with van der Waals surface area (Å²) < 4.78 is 5.32. The van der Waals surface area contributed by atoms with Crippen molar-refractivity contribution in [1.82, 2.24) is 14.9 Å². The van der Waals surface area contributed by atoms with E-state index in [1.54, 1.807) is 11.3 Å². The molecule has 0 amide bonds. The van der Waals surface area contributed by atoms with Crippen molar-refractivity contribution in [1.29, 1.82) is 0 Å². The lowest BCUT2D eigenvalue weighted by atomic mass is 10.4. The second kappa shape index (κ2) is 6.00. The molecule has 0 unspecified atom stereocenters. The van der Waals surface area contributed by atoms with Gasteiger partial charge in [0, 0.05) is 31.6 Å². The molecule has 0 bridgehead atoms. The summed E-state index contributed by atoms with van der Waals surface area (Å²) in [6.45, 7) is 5.41. The van der Waals surface area contributed by atoms with Crippen molar-refractivity contribution in [3.8, 4) is 0 Å². The highest BCUT2D eigenvalue weighted by Crippen LogP contribution is 2.25. The molecular formula is C12H15ClN4OS. The molecule has 1 aliphatic rings. The molecule has 1 fully saturated rings. The fourth-order valence-corrected chi connectivity index (χ4v) is 3.10. The minimum atomic E-state index is 0.514. The summed E-state index contributed by atoms with van der Waals surface area (Å²) in [6, 6.07) is 1.94. The van der Waals surface area contributed by atoms with Gasteiger partial charge in [0.2, 0.25) is 5.95 Å². The van der Waals surface area contributed by atoms with Crippen LogP contribution in [-0.2, 0) is 4.74 Å². The van der Waals surface area contributed by atoms with Gasteiger partial charge in [-0.05, 0) is 11.4 Å². The summed E-state index contributed by atoms with van der Waals surface area (Å²) >= 11 is 7.69. The van der Waals surface area contributed by atoms with Crippen LogP contribution in [0.1, 0.15) is 0 Å². The van der Waals surface area contributed by atoms with Crippen molar-refractivity contribution in [2.24, 2.45) is 0 Å². The molecule has 0 atom stereocenters. The summed E-state index contributed by atoms with van der Waals surface area (Å²) in [5, 5.41) is 6.64. The van der Waals surface area contributed by atoms with E-state index in [0.717, 1.165) is 49.6 Å². The fraction of sp³-hybridized carbons (Fsp3) is 0.500. The molecular weight excluding hydrogens is 284 g/mol. The molecule has 102 valence electrons.